The number of halogens is 6. The zero-order valence-electron chi connectivity index (χ0n) is 48.1. The minimum Gasteiger partial charge on any atom is -0.495 e. The second-order valence-corrected chi connectivity index (χ2v) is 23.5. The highest BCUT2D eigenvalue weighted by molar-refractivity contribution is 7.97. The van der Waals surface area contributed by atoms with Crippen molar-refractivity contribution < 1.29 is 40.9 Å². The van der Waals surface area contributed by atoms with Gasteiger partial charge in [-0.3, -0.25) is 4.72 Å². The van der Waals surface area contributed by atoms with Crippen LogP contribution in [0.4, 0.5) is 49.1 Å². The summed E-state index contributed by atoms with van der Waals surface area (Å²) in [5, 5.41) is 24.3. The number of β-amino-alcohol motifs (C(OH)–C–C–N with tert-alkyl or cyclic N) is 1. The van der Waals surface area contributed by atoms with Crippen LogP contribution in [0.15, 0.2) is 94.7 Å². The first-order valence-corrected chi connectivity index (χ1v) is 29.7. The molecule has 0 unspecified atom stereocenters. The number of fused-ring (bicyclic) bond motifs is 2. The highest BCUT2D eigenvalue weighted by Crippen LogP contribution is 2.36. The number of nitrogens with zero attached hydrogens (tertiary/aromatic N) is 6. The van der Waals surface area contributed by atoms with Crippen LogP contribution in [0.5, 0.6) is 11.5 Å². The van der Waals surface area contributed by atoms with E-state index in [1.807, 2.05) is 54.6 Å². The first-order valence-electron chi connectivity index (χ1n) is 28.1. The Kier molecular flexibility index (Phi) is 22.5. The number of alkyl halides is 6. The number of benzene rings is 4. The lowest BCUT2D eigenvalue weighted by Crippen LogP contribution is -2.40. The Morgan fingerprint density at radius 2 is 1.07 bits per heavy atom. The molecule has 6 aromatic rings. The molecule has 22 heteroatoms. The van der Waals surface area contributed by atoms with Crippen molar-refractivity contribution >= 4 is 68.5 Å². The van der Waals surface area contributed by atoms with Gasteiger partial charge < -0.3 is 59.7 Å². The van der Waals surface area contributed by atoms with Crippen molar-refractivity contribution in [3.8, 4) is 35.2 Å². The van der Waals surface area contributed by atoms with Crippen LogP contribution in [0.1, 0.15) is 50.9 Å². The van der Waals surface area contributed by atoms with Gasteiger partial charge in [0.25, 0.3) is 0 Å². The minimum atomic E-state index is -4.39. The average molecular weight is 1190 g/mol. The third-order valence-electron chi connectivity index (χ3n) is 14.6. The van der Waals surface area contributed by atoms with Gasteiger partial charge in [0.2, 0.25) is 0 Å². The summed E-state index contributed by atoms with van der Waals surface area (Å²) in [5.41, 5.74) is 4.86. The van der Waals surface area contributed by atoms with E-state index in [4.69, 9.17) is 9.47 Å². The van der Waals surface area contributed by atoms with Crippen molar-refractivity contribution in [3.63, 3.8) is 0 Å². The summed E-state index contributed by atoms with van der Waals surface area (Å²) in [6, 6.07) is 27.0. The number of hydrogen-bond donors (Lipinski definition) is 6. The zero-order chi connectivity index (χ0) is 59.1. The van der Waals surface area contributed by atoms with E-state index in [0.717, 1.165) is 121 Å². The number of likely N-dealkylation sites (N-methyl/N-ethyl adjacent to an activating group) is 1. The van der Waals surface area contributed by atoms with Crippen molar-refractivity contribution in [2.75, 3.05) is 128 Å². The topological polar surface area (TPSA) is 122 Å². The number of nitrogens with one attached hydrogen (secondary N) is 5. The number of aliphatic hydroxyl groups is 1. The fraction of sp³-hybridized carbons (Fsp3) is 0.475. The van der Waals surface area contributed by atoms with Crippen molar-refractivity contribution in [2.45, 2.75) is 92.9 Å². The summed E-state index contributed by atoms with van der Waals surface area (Å²) in [4.78, 5) is 8.92. The van der Waals surface area contributed by atoms with Crippen LogP contribution in [0.3, 0.4) is 0 Å². The maximum Gasteiger partial charge on any atom is 0.406 e. The molecular formula is C61H77F6N11O3S2. The molecule has 0 radical (unpaired) electrons. The number of methoxy groups -OCH3 is 2. The molecule has 0 amide bonds. The fourth-order valence-corrected chi connectivity index (χ4v) is 11.9. The predicted molar refractivity (Wildman–Crippen MR) is 326 cm³/mol. The lowest BCUT2D eigenvalue weighted by Gasteiger charge is -2.32. The van der Waals surface area contributed by atoms with E-state index >= 15 is 0 Å². The van der Waals surface area contributed by atoms with Gasteiger partial charge in [-0.1, -0.05) is 24.0 Å². The molecule has 0 spiro atoms. The molecule has 448 valence electrons. The lowest BCUT2D eigenvalue weighted by molar-refractivity contribution is -0.140. The molecule has 2 aromatic heterocycles. The number of likely N-dealkylation sites (tertiary alicyclic amines) is 2. The van der Waals surface area contributed by atoms with E-state index in [0.29, 0.717) is 46.5 Å². The number of aromatic nitrogens is 2. The minimum absolute atomic E-state index is 0.137. The summed E-state index contributed by atoms with van der Waals surface area (Å²) in [6.07, 6.45) is -4.97. The van der Waals surface area contributed by atoms with Gasteiger partial charge in [-0.15, -0.1) is 0 Å². The average Bonchev–Trinajstić information content (AvgIpc) is 3.22. The van der Waals surface area contributed by atoms with Gasteiger partial charge in [0, 0.05) is 95.9 Å². The van der Waals surface area contributed by atoms with Crippen molar-refractivity contribution in [2.24, 2.45) is 0 Å². The summed E-state index contributed by atoms with van der Waals surface area (Å²) in [7, 11) is 7.46. The van der Waals surface area contributed by atoms with E-state index in [1.54, 1.807) is 56.5 Å². The van der Waals surface area contributed by atoms with Gasteiger partial charge in [-0.2, -0.15) is 26.3 Å². The second kappa shape index (κ2) is 29.6. The van der Waals surface area contributed by atoms with Crippen molar-refractivity contribution in [1.29, 1.82) is 0 Å². The summed E-state index contributed by atoms with van der Waals surface area (Å²) in [6.45, 7) is 11.0. The number of ether oxygens (including phenoxy) is 2. The van der Waals surface area contributed by atoms with Crippen molar-refractivity contribution in [1.82, 2.24) is 32.9 Å². The maximum absolute atomic E-state index is 13.6. The Morgan fingerprint density at radius 1 is 0.602 bits per heavy atom. The third-order valence-corrected chi connectivity index (χ3v) is 16.8. The van der Waals surface area contributed by atoms with Crippen LogP contribution >= 0.6 is 23.9 Å². The molecule has 3 aliphatic rings. The normalized spacial score (nSPS) is 16.2. The molecule has 14 nitrogen and oxygen atoms in total. The zero-order valence-corrected chi connectivity index (χ0v) is 49.7. The van der Waals surface area contributed by atoms with E-state index in [2.05, 4.69) is 96.6 Å². The van der Waals surface area contributed by atoms with Crippen LogP contribution in [-0.4, -0.2) is 171 Å². The van der Waals surface area contributed by atoms with Gasteiger partial charge in [0.1, 0.15) is 24.6 Å². The number of hydrogen-bond acceptors (Lipinski definition) is 14. The monoisotopic (exact) mass is 1190 g/mol. The fourth-order valence-electron chi connectivity index (χ4n) is 10.3. The maximum atomic E-state index is 13.6. The van der Waals surface area contributed by atoms with Gasteiger partial charge in [-0.25, -0.2) is 4.31 Å². The van der Waals surface area contributed by atoms with Crippen LogP contribution in [0.2, 0.25) is 0 Å². The standard InChI is InChI=1S/C31H39F3N6OS.C30H38F3N5O2S/c1-37-14-11-23(12-15-37)36-27-7-4-8-29-26(27)20-24(40(29)22-31(32,33)34)6-5-13-35-28-10-9-25(21-30(28)41-3)42-39-18-16-38(2)17-19-39;1-21(2)36-41-24-9-10-27(29(19-24)40-3)34-13-5-6-23-18-25-26(35-22-11-14-37(15-12-22)16-17-39)7-4-8-28(25)38(23)20-30(31,32)33/h4,7-10,20-21,23,35-36H,11-19,22H2,1-3H3;4,7-10,18-19,21-22,34-36,39H,11-17,20H2,1-3H3. The molecule has 9 rings (SSSR count). The van der Waals surface area contributed by atoms with E-state index in [1.165, 1.54) is 21.1 Å². The lowest BCUT2D eigenvalue weighted by atomic mass is 10.0. The molecular weight excluding hydrogens is 1110 g/mol. The van der Waals surface area contributed by atoms with E-state index in [9.17, 15) is 31.4 Å². The predicted octanol–water partition coefficient (Wildman–Crippen LogP) is 11.0. The second-order valence-electron chi connectivity index (χ2n) is 21.4. The SMILES string of the molecule is COc1cc(SN2CCN(C)CC2)ccc1NCC#Cc1cc2c(NC3CCN(C)CC3)cccc2n1CC(F)(F)F.COc1cc(SNC(C)C)ccc1NCC#Cc1cc2c(NC3CCN(CCO)CC3)cccc2n1CC(F)(F)F. The van der Waals surface area contributed by atoms with Crippen LogP contribution in [0.25, 0.3) is 21.8 Å². The molecule has 83 heavy (non-hydrogen) atoms. The van der Waals surface area contributed by atoms with Crippen LogP contribution in [0, 0.1) is 23.7 Å². The Morgan fingerprint density at radius 3 is 1.54 bits per heavy atom. The number of piperidine rings is 2. The largest absolute Gasteiger partial charge is 0.495 e. The Hall–Kier alpha value is -6.08. The number of piperazine rings is 1. The molecule has 3 saturated heterocycles. The highest BCUT2D eigenvalue weighted by atomic mass is 32.2. The highest BCUT2D eigenvalue weighted by Gasteiger charge is 2.32. The number of anilines is 4. The van der Waals surface area contributed by atoms with Gasteiger partial charge >= 0.3 is 12.4 Å². The Labute approximate surface area is 492 Å². The smallest absolute Gasteiger partial charge is 0.406 e. The summed E-state index contributed by atoms with van der Waals surface area (Å²) < 4.78 is 101. The van der Waals surface area contributed by atoms with E-state index in [-0.39, 0.29) is 31.8 Å². The number of rotatable bonds is 19. The van der Waals surface area contributed by atoms with Gasteiger partial charge in [-0.05, 0) is 175 Å². The van der Waals surface area contributed by atoms with Crippen molar-refractivity contribution in [3.05, 3.63) is 96.3 Å². The molecule has 0 atom stereocenters. The molecule has 4 aromatic carbocycles. The molecule has 3 aliphatic heterocycles. The van der Waals surface area contributed by atoms with Gasteiger partial charge in [0.15, 0.2) is 0 Å². The molecule has 0 aliphatic carbocycles. The Balaban J connectivity index is 0.000000217. The molecule has 0 saturated carbocycles. The quantitative estimate of drug-likeness (QED) is 0.0262. The molecule has 0 bridgehead atoms. The van der Waals surface area contributed by atoms with Gasteiger partial charge in [0.05, 0.1) is 67.7 Å². The number of aliphatic hydroxyl groups excluding tert-OH is 1. The van der Waals surface area contributed by atoms with Crippen LogP contribution < -0.4 is 35.5 Å². The van der Waals surface area contributed by atoms with E-state index < -0.39 is 25.4 Å². The Bertz CT molecular complexity index is 3200. The first-order chi connectivity index (χ1) is 39.8. The van der Waals surface area contributed by atoms with Crippen LogP contribution in [-0.2, 0) is 13.1 Å². The third kappa shape index (κ3) is 18.5. The summed E-state index contributed by atoms with van der Waals surface area (Å²) in [5.74, 6) is 13.3. The molecule has 6 N–H and O–H groups in total. The first kappa shape index (κ1) is 63.0. The summed E-state index contributed by atoms with van der Waals surface area (Å²) >= 11 is 3.24. The molecule has 3 fully saturated rings. The molecule has 5 heterocycles.